The summed E-state index contributed by atoms with van der Waals surface area (Å²) in [5.74, 6) is 0.0741. The number of rotatable bonds is 1. The van der Waals surface area contributed by atoms with Gasteiger partial charge in [0.25, 0.3) is 0 Å². The zero-order valence-corrected chi connectivity index (χ0v) is 9.81. The van der Waals surface area contributed by atoms with Gasteiger partial charge in [-0.3, -0.25) is 4.79 Å². The maximum Gasteiger partial charge on any atom is 0.302 e. The third-order valence-electron chi connectivity index (χ3n) is 4.00. The Labute approximate surface area is 94.6 Å². The van der Waals surface area contributed by atoms with Crippen LogP contribution in [0.4, 0.5) is 0 Å². The van der Waals surface area contributed by atoms with Crippen LogP contribution in [-0.4, -0.2) is 31.5 Å². The van der Waals surface area contributed by atoms with Crippen molar-refractivity contribution in [3.63, 3.8) is 0 Å². The minimum absolute atomic E-state index is 0.00361. The molecule has 4 nitrogen and oxygen atoms in total. The lowest BCUT2D eigenvalue weighted by Gasteiger charge is -2.23. The van der Waals surface area contributed by atoms with Gasteiger partial charge in [0.05, 0.1) is 11.0 Å². The lowest BCUT2D eigenvalue weighted by molar-refractivity contribution is -0.147. The summed E-state index contributed by atoms with van der Waals surface area (Å²) < 4.78 is 29.2. The van der Waals surface area contributed by atoms with Crippen molar-refractivity contribution in [2.24, 2.45) is 17.8 Å². The van der Waals surface area contributed by atoms with Gasteiger partial charge in [-0.2, -0.15) is 0 Å². The fraction of sp³-hybridized carbons (Fsp3) is 0.727. The SMILES string of the molecule is CC(=O)O[C@H]1CS(=O)(=O)C2C1[C@@H]1C=C[C@H]2C1. The van der Waals surface area contributed by atoms with Gasteiger partial charge in [0.2, 0.25) is 0 Å². The molecule has 88 valence electrons. The molecule has 0 spiro atoms. The van der Waals surface area contributed by atoms with E-state index in [1.807, 2.05) is 6.08 Å². The van der Waals surface area contributed by atoms with Crippen LogP contribution in [0.25, 0.3) is 0 Å². The molecule has 5 atom stereocenters. The van der Waals surface area contributed by atoms with E-state index in [9.17, 15) is 13.2 Å². The molecule has 0 aromatic heterocycles. The number of esters is 1. The second-order valence-corrected chi connectivity index (χ2v) is 7.17. The van der Waals surface area contributed by atoms with Crippen LogP contribution in [0.2, 0.25) is 0 Å². The predicted octanol–water partition coefficient (Wildman–Crippen LogP) is 0.537. The van der Waals surface area contributed by atoms with Gasteiger partial charge < -0.3 is 4.74 Å². The lowest BCUT2D eigenvalue weighted by Crippen LogP contribution is -2.31. The Morgan fingerprint density at radius 2 is 2.00 bits per heavy atom. The van der Waals surface area contributed by atoms with Gasteiger partial charge in [-0.15, -0.1) is 0 Å². The lowest BCUT2D eigenvalue weighted by atomic mass is 9.89. The van der Waals surface area contributed by atoms with E-state index in [1.54, 1.807) is 0 Å². The summed E-state index contributed by atoms with van der Waals surface area (Å²) in [7, 11) is -3.08. The van der Waals surface area contributed by atoms with Crippen LogP contribution in [0.15, 0.2) is 12.2 Å². The molecule has 2 aliphatic carbocycles. The first-order chi connectivity index (χ1) is 7.49. The van der Waals surface area contributed by atoms with Crippen molar-refractivity contribution >= 4 is 15.8 Å². The molecule has 0 radical (unpaired) electrons. The van der Waals surface area contributed by atoms with Gasteiger partial charge in [-0.1, -0.05) is 12.2 Å². The van der Waals surface area contributed by atoms with E-state index in [-0.39, 0.29) is 34.7 Å². The van der Waals surface area contributed by atoms with E-state index in [0.717, 1.165) is 6.42 Å². The molecule has 0 N–H and O–H groups in total. The second kappa shape index (κ2) is 3.09. The topological polar surface area (TPSA) is 60.4 Å². The molecule has 0 aromatic rings. The highest BCUT2D eigenvalue weighted by Crippen LogP contribution is 2.52. The van der Waals surface area contributed by atoms with E-state index < -0.39 is 15.9 Å². The summed E-state index contributed by atoms with van der Waals surface area (Å²) in [5, 5.41) is -0.299. The fourth-order valence-corrected chi connectivity index (χ4v) is 6.15. The number of carbonyl (C=O) groups is 1. The smallest absolute Gasteiger partial charge is 0.302 e. The number of allylic oxidation sites excluding steroid dienone is 2. The Morgan fingerprint density at radius 3 is 2.69 bits per heavy atom. The molecule has 2 fully saturated rings. The first-order valence-electron chi connectivity index (χ1n) is 5.56. The zero-order valence-electron chi connectivity index (χ0n) is 9.00. The van der Waals surface area contributed by atoms with E-state index in [4.69, 9.17) is 4.74 Å². The fourth-order valence-electron chi connectivity index (χ4n) is 3.58. The Hall–Kier alpha value is -0.840. The first kappa shape index (κ1) is 10.3. The maximum atomic E-state index is 12.0. The van der Waals surface area contributed by atoms with Crippen molar-refractivity contribution in [2.75, 3.05) is 5.75 Å². The number of hydrogen-bond acceptors (Lipinski definition) is 4. The van der Waals surface area contributed by atoms with Gasteiger partial charge in [0.15, 0.2) is 9.84 Å². The summed E-state index contributed by atoms with van der Waals surface area (Å²) in [4.78, 5) is 11.0. The maximum absolute atomic E-state index is 12.0. The number of hydrogen-bond donors (Lipinski definition) is 0. The molecule has 5 heteroatoms. The minimum Gasteiger partial charge on any atom is -0.461 e. The van der Waals surface area contributed by atoms with Gasteiger partial charge in [-0.25, -0.2) is 8.42 Å². The van der Waals surface area contributed by atoms with Crippen molar-refractivity contribution in [3.8, 4) is 0 Å². The van der Waals surface area contributed by atoms with Gasteiger partial charge in [0, 0.05) is 12.8 Å². The molecule has 2 unspecified atom stereocenters. The van der Waals surface area contributed by atoms with Crippen molar-refractivity contribution in [1.82, 2.24) is 0 Å². The molecule has 3 rings (SSSR count). The standard InChI is InChI=1S/C11H14O4S/c1-6(12)15-9-5-16(13,14)11-8-3-2-7(4-8)10(9)11/h2-3,7-11H,4-5H2,1H3/t7-,8+,9+,10?,11?/m1/s1. The minimum atomic E-state index is -3.08. The molecule has 1 saturated carbocycles. The van der Waals surface area contributed by atoms with E-state index in [2.05, 4.69) is 6.08 Å². The van der Waals surface area contributed by atoms with Crippen molar-refractivity contribution in [1.29, 1.82) is 0 Å². The summed E-state index contributed by atoms with van der Waals surface area (Å²) in [5.41, 5.74) is 0. The molecule has 0 amide bonds. The Bertz CT molecular complexity index is 464. The highest BCUT2D eigenvalue weighted by atomic mass is 32.2. The summed E-state index contributed by atoms with van der Waals surface area (Å²) in [6.07, 6.45) is 4.59. The summed E-state index contributed by atoms with van der Waals surface area (Å²) in [6, 6.07) is 0. The molecule has 1 heterocycles. The average molecular weight is 242 g/mol. The van der Waals surface area contributed by atoms with Gasteiger partial charge in [0.1, 0.15) is 6.10 Å². The Morgan fingerprint density at radius 1 is 1.31 bits per heavy atom. The third kappa shape index (κ3) is 1.27. The van der Waals surface area contributed by atoms with Gasteiger partial charge >= 0.3 is 5.97 Å². The normalized spacial score (nSPS) is 46.9. The Kier molecular flexibility index (Phi) is 2.00. The molecular weight excluding hydrogens is 228 g/mol. The van der Waals surface area contributed by atoms with Crippen molar-refractivity contribution < 1.29 is 17.9 Å². The van der Waals surface area contributed by atoms with Crippen LogP contribution in [0.5, 0.6) is 0 Å². The Balaban J connectivity index is 1.96. The second-order valence-electron chi connectivity index (χ2n) is 4.97. The zero-order chi connectivity index (χ0) is 11.5. The van der Waals surface area contributed by atoms with Crippen LogP contribution in [-0.2, 0) is 19.4 Å². The summed E-state index contributed by atoms with van der Waals surface area (Å²) in [6.45, 7) is 1.34. The molecule has 3 aliphatic rings. The van der Waals surface area contributed by atoms with Gasteiger partial charge in [-0.05, 0) is 18.3 Å². The van der Waals surface area contributed by atoms with Crippen molar-refractivity contribution in [3.05, 3.63) is 12.2 Å². The first-order valence-corrected chi connectivity index (χ1v) is 7.28. The molecule has 2 bridgehead atoms. The quantitative estimate of drug-likeness (QED) is 0.497. The highest BCUT2D eigenvalue weighted by molar-refractivity contribution is 7.92. The third-order valence-corrected chi connectivity index (χ3v) is 6.29. The van der Waals surface area contributed by atoms with Crippen LogP contribution in [0.3, 0.4) is 0 Å². The van der Waals surface area contributed by atoms with Crippen molar-refractivity contribution in [2.45, 2.75) is 24.7 Å². The van der Waals surface area contributed by atoms with Crippen LogP contribution in [0, 0.1) is 17.8 Å². The monoisotopic (exact) mass is 242 g/mol. The molecule has 1 saturated heterocycles. The van der Waals surface area contributed by atoms with Crippen LogP contribution >= 0.6 is 0 Å². The molecule has 0 aromatic carbocycles. The molecule has 1 aliphatic heterocycles. The van der Waals surface area contributed by atoms with E-state index in [0.29, 0.717) is 0 Å². The van der Waals surface area contributed by atoms with Crippen LogP contribution in [0.1, 0.15) is 13.3 Å². The van der Waals surface area contributed by atoms with E-state index >= 15 is 0 Å². The molecule has 16 heavy (non-hydrogen) atoms. The largest absolute Gasteiger partial charge is 0.461 e. The highest BCUT2D eigenvalue weighted by Gasteiger charge is 2.60. The number of fused-ring (bicyclic) bond motifs is 5. The molecular formula is C11H14O4S. The summed E-state index contributed by atoms with van der Waals surface area (Å²) >= 11 is 0. The predicted molar refractivity (Wildman–Crippen MR) is 57.4 cm³/mol. The average Bonchev–Trinajstić information content (AvgIpc) is 2.77. The number of carbonyl (C=O) groups excluding carboxylic acids is 1. The van der Waals surface area contributed by atoms with E-state index in [1.165, 1.54) is 6.92 Å². The number of sulfone groups is 1. The van der Waals surface area contributed by atoms with Crippen LogP contribution < -0.4 is 0 Å². The number of ether oxygens (including phenoxy) is 1.